The van der Waals surface area contributed by atoms with Crippen molar-refractivity contribution in [2.75, 3.05) is 44.8 Å². The molecule has 1 aromatic rings. The lowest BCUT2D eigenvalue weighted by Gasteiger charge is -2.15. The Morgan fingerprint density at radius 1 is 1.37 bits per heavy atom. The highest BCUT2D eigenvalue weighted by molar-refractivity contribution is 5.67. The molecule has 3 N–H and O–H groups in total. The van der Waals surface area contributed by atoms with Crippen LogP contribution < -0.4 is 15.8 Å². The Morgan fingerprint density at radius 2 is 2.11 bits per heavy atom. The second-order valence-corrected chi connectivity index (χ2v) is 5.09. The van der Waals surface area contributed by atoms with Crippen LogP contribution >= 0.6 is 0 Å². The summed E-state index contributed by atoms with van der Waals surface area (Å²) < 4.78 is 5.50. The molecule has 106 valence electrons. The number of likely N-dealkylation sites (N-methyl/N-ethyl adjacent to an activating group) is 1. The molecule has 0 atom stereocenters. The van der Waals surface area contributed by atoms with Gasteiger partial charge in [-0.25, -0.2) is 4.98 Å². The molecule has 0 bridgehead atoms. The number of nitrogens with one attached hydrogen (secondary N) is 1. The van der Waals surface area contributed by atoms with E-state index in [4.69, 9.17) is 10.5 Å². The average molecular weight is 265 g/mol. The summed E-state index contributed by atoms with van der Waals surface area (Å²) in [6.07, 6.45) is 2.32. The first kappa shape index (κ1) is 13.9. The van der Waals surface area contributed by atoms with Gasteiger partial charge in [0.1, 0.15) is 11.5 Å². The quantitative estimate of drug-likeness (QED) is 0.774. The first-order valence-electron chi connectivity index (χ1n) is 6.80. The second-order valence-electron chi connectivity index (χ2n) is 5.09. The molecular formula is C13H23N5O. The molecule has 2 rings (SSSR count). The maximum Gasteiger partial charge on any atom is 0.242 e. The van der Waals surface area contributed by atoms with Crippen molar-refractivity contribution in [3.05, 3.63) is 5.82 Å². The van der Waals surface area contributed by atoms with Gasteiger partial charge in [0.25, 0.3) is 0 Å². The second kappa shape index (κ2) is 6.06. The maximum absolute atomic E-state index is 6.05. The predicted octanol–water partition coefficient (Wildman–Crippen LogP) is 1.31. The monoisotopic (exact) mass is 265 g/mol. The van der Waals surface area contributed by atoms with E-state index in [1.165, 1.54) is 0 Å². The van der Waals surface area contributed by atoms with Gasteiger partial charge in [0.15, 0.2) is 5.82 Å². The van der Waals surface area contributed by atoms with Crippen LogP contribution in [0.2, 0.25) is 0 Å². The van der Waals surface area contributed by atoms with Crippen molar-refractivity contribution in [1.82, 2.24) is 14.9 Å². The van der Waals surface area contributed by atoms with Crippen LogP contribution in [0.15, 0.2) is 0 Å². The SMILES string of the molecule is CCOc1nc(C2CC2)nc(NCCN(C)C)c1N. The van der Waals surface area contributed by atoms with E-state index < -0.39 is 0 Å². The summed E-state index contributed by atoms with van der Waals surface area (Å²) in [5.74, 6) is 2.54. The molecule has 1 saturated carbocycles. The third-order valence-corrected chi connectivity index (χ3v) is 3.00. The number of anilines is 2. The Labute approximate surface area is 114 Å². The molecule has 0 unspecified atom stereocenters. The van der Waals surface area contributed by atoms with Crippen molar-refractivity contribution in [2.24, 2.45) is 0 Å². The van der Waals surface area contributed by atoms with E-state index >= 15 is 0 Å². The molecule has 0 aromatic carbocycles. The number of ether oxygens (including phenoxy) is 1. The van der Waals surface area contributed by atoms with Crippen molar-refractivity contribution >= 4 is 11.5 Å². The van der Waals surface area contributed by atoms with E-state index in [0.29, 0.717) is 29.9 Å². The van der Waals surface area contributed by atoms with Crippen LogP contribution in [0.25, 0.3) is 0 Å². The standard InChI is InChI=1S/C13H23N5O/c1-4-19-13-10(14)12(15-7-8-18(2)3)16-11(17-13)9-5-6-9/h9H,4-8,14H2,1-3H3,(H,15,16,17). The predicted molar refractivity (Wildman–Crippen MR) is 76.6 cm³/mol. The minimum Gasteiger partial charge on any atom is -0.476 e. The highest BCUT2D eigenvalue weighted by Gasteiger charge is 2.28. The molecule has 0 spiro atoms. The third-order valence-electron chi connectivity index (χ3n) is 3.00. The largest absolute Gasteiger partial charge is 0.476 e. The lowest BCUT2D eigenvalue weighted by molar-refractivity contribution is 0.327. The molecule has 0 aliphatic heterocycles. The first-order valence-corrected chi connectivity index (χ1v) is 6.80. The number of hydrogen-bond acceptors (Lipinski definition) is 6. The zero-order valence-corrected chi connectivity index (χ0v) is 11.9. The molecule has 1 aliphatic carbocycles. The Hall–Kier alpha value is -1.56. The zero-order valence-electron chi connectivity index (χ0n) is 11.9. The summed E-state index contributed by atoms with van der Waals surface area (Å²) in [4.78, 5) is 11.1. The maximum atomic E-state index is 6.05. The van der Waals surface area contributed by atoms with Gasteiger partial charge in [0.2, 0.25) is 5.88 Å². The Bertz CT molecular complexity index is 431. The molecule has 6 heteroatoms. The summed E-state index contributed by atoms with van der Waals surface area (Å²) in [5.41, 5.74) is 6.55. The van der Waals surface area contributed by atoms with Gasteiger partial charge < -0.3 is 20.7 Å². The van der Waals surface area contributed by atoms with E-state index in [1.807, 2.05) is 21.0 Å². The van der Waals surface area contributed by atoms with Crippen molar-refractivity contribution in [3.8, 4) is 5.88 Å². The van der Waals surface area contributed by atoms with E-state index in [9.17, 15) is 0 Å². The first-order chi connectivity index (χ1) is 9.11. The number of hydrogen-bond donors (Lipinski definition) is 2. The molecule has 1 aromatic heterocycles. The van der Waals surface area contributed by atoms with Crippen LogP contribution in [0, 0.1) is 0 Å². The normalized spacial score (nSPS) is 14.7. The summed E-state index contributed by atoms with van der Waals surface area (Å²) in [5, 5.41) is 3.27. The van der Waals surface area contributed by atoms with Crippen molar-refractivity contribution in [1.29, 1.82) is 0 Å². The van der Waals surface area contributed by atoms with Crippen LogP contribution in [0.3, 0.4) is 0 Å². The Balaban J connectivity index is 2.14. The van der Waals surface area contributed by atoms with E-state index in [0.717, 1.165) is 31.8 Å². The van der Waals surface area contributed by atoms with Gasteiger partial charge in [0, 0.05) is 19.0 Å². The van der Waals surface area contributed by atoms with Gasteiger partial charge in [-0.2, -0.15) is 4.98 Å². The van der Waals surface area contributed by atoms with Crippen LogP contribution in [-0.2, 0) is 0 Å². The minimum atomic E-state index is 0.481. The molecule has 6 nitrogen and oxygen atoms in total. The summed E-state index contributed by atoms with van der Waals surface area (Å²) in [6.45, 7) is 4.20. The number of nitrogens with zero attached hydrogens (tertiary/aromatic N) is 3. The van der Waals surface area contributed by atoms with Crippen LogP contribution in [-0.4, -0.2) is 48.7 Å². The smallest absolute Gasteiger partial charge is 0.242 e. The topological polar surface area (TPSA) is 76.3 Å². The molecule has 19 heavy (non-hydrogen) atoms. The molecule has 1 heterocycles. The lowest BCUT2D eigenvalue weighted by Crippen LogP contribution is -2.22. The van der Waals surface area contributed by atoms with Gasteiger partial charge in [-0.3, -0.25) is 0 Å². The lowest BCUT2D eigenvalue weighted by atomic mass is 10.3. The average Bonchev–Trinajstić information content (AvgIpc) is 3.17. The van der Waals surface area contributed by atoms with Gasteiger partial charge >= 0.3 is 0 Å². The fourth-order valence-electron chi connectivity index (χ4n) is 1.77. The van der Waals surface area contributed by atoms with E-state index in [2.05, 4.69) is 20.2 Å². The van der Waals surface area contributed by atoms with Gasteiger partial charge in [-0.05, 0) is 33.9 Å². The molecule has 1 fully saturated rings. The number of nitrogen functional groups attached to an aromatic ring is 1. The minimum absolute atomic E-state index is 0.481. The number of rotatable bonds is 7. The Morgan fingerprint density at radius 3 is 2.68 bits per heavy atom. The highest BCUT2D eigenvalue weighted by Crippen LogP contribution is 2.40. The summed E-state index contributed by atoms with van der Waals surface area (Å²) >= 11 is 0. The summed E-state index contributed by atoms with van der Waals surface area (Å²) in [7, 11) is 4.07. The third kappa shape index (κ3) is 3.70. The van der Waals surface area contributed by atoms with Gasteiger partial charge in [-0.15, -0.1) is 0 Å². The van der Waals surface area contributed by atoms with Crippen molar-refractivity contribution < 1.29 is 4.74 Å². The number of nitrogens with two attached hydrogens (primary N) is 1. The molecular weight excluding hydrogens is 242 g/mol. The van der Waals surface area contributed by atoms with Gasteiger partial charge in [-0.1, -0.05) is 0 Å². The molecule has 0 amide bonds. The fourth-order valence-corrected chi connectivity index (χ4v) is 1.77. The summed E-state index contributed by atoms with van der Waals surface area (Å²) in [6, 6.07) is 0. The van der Waals surface area contributed by atoms with Gasteiger partial charge in [0.05, 0.1) is 6.61 Å². The van der Waals surface area contributed by atoms with Crippen LogP contribution in [0.4, 0.5) is 11.5 Å². The Kier molecular flexibility index (Phi) is 4.42. The highest BCUT2D eigenvalue weighted by atomic mass is 16.5. The van der Waals surface area contributed by atoms with Crippen molar-refractivity contribution in [2.45, 2.75) is 25.7 Å². The molecule has 0 radical (unpaired) electrons. The van der Waals surface area contributed by atoms with Crippen LogP contribution in [0.5, 0.6) is 5.88 Å². The fraction of sp³-hybridized carbons (Fsp3) is 0.692. The van der Waals surface area contributed by atoms with Crippen LogP contribution in [0.1, 0.15) is 31.5 Å². The zero-order chi connectivity index (χ0) is 13.8. The van der Waals surface area contributed by atoms with E-state index in [1.54, 1.807) is 0 Å². The van der Waals surface area contributed by atoms with Crippen molar-refractivity contribution in [3.63, 3.8) is 0 Å². The molecule has 0 saturated heterocycles. The number of aromatic nitrogens is 2. The molecule has 1 aliphatic rings. The van der Waals surface area contributed by atoms with E-state index in [-0.39, 0.29) is 0 Å².